The van der Waals surface area contributed by atoms with Crippen molar-refractivity contribution in [2.45, 2.75) is 64.0 Å². The van der Waals surface area contributed by atoms with Crippen LogP contribution in [0.4, 0.5) is 4.79 Å². The first-order chi connectivity index (χ1) is 18.6. The molecule has 2 unspecified atom stereocenters. The maximum Gasteiger partial charge on any atom is 0.320 e. The Balaban J connectivity index is 1.19. The van der Waals surface area contributed by atoms with E-state index in [1.54, 1.807) is 17.0 Å². The van der Waals surface area contributed by atoms with Crippen LogP contribution < -0.4 is 5.56 Å². The lowest BCUT2D eigenvalue weighted by Gasteiger charge is -2.49. The van der Waals surface area contributed by atoms with Gasteiger partial charge in [-0.05, 0) is 55.4 Å². The van der Waals surface area contributed by atoms with Crippen LogP contribution in [0.2, 0.25) is 0 Å². The van der Waals surface area contributed by atoms with E-state index in [2.05, 4.69) is 39.0 Å². The fourth-order valence-electron chi connectivity index (χ4n) is 7.23. The lowest BCUT2D eigenvalue weighted by Crippen LogP contribution is -2.55. The van der Waals surface area contributed by atoms with Gasteiger partial charge in [0.15, 0.2) is 0 Å². The molecule has 1 aliphatic carbocycles. The zero-order valence-corrected chi connectivity index (χ0v) is 22.2. The van der Waals surface area contributed by atoms with Crippen molar-refractivity contribution in [3.8, 4) is 11.3 Å². The molecule has 2 saturated heterocycles. The predicted octanol–water partition coefficient (Wildman–Crippen LogP) is 6.14. The van der Waals surface area contributed by atoms with Gasteiger partial charge in [-0.3, -0.25) is 9.36 Å². The third-order valence-corrected chi connectivity index (χ3v) is 9.29. The van der Waals surface area contributed by atoms with E-state index in [-0.39, 0.29) is 23.0 Å². The van der Waals surface area contributed by atoms with Crippen LogP contribution in [0.1, 0.15) is 63.0 Å². The topological polar surface area (TPSA) is 58.4 Å². The second-order valence-electron chi connectivity index (χ2n) is 11.5. The number of aromatic nitrogens is 2. The molecule has 0 radical (unpaired) electrons. The van der Waals surface area contributed by atoms with Crippen LogP contribution in [0.5, 0.6) is 0 Å². The minimum Gasteiger partial charge on any atom is -0.324 e. The van der Waals surface area contributed by atoms with Gasteiger partial charge in [-0.2, -0.15) is 0 Å². The van der Waals surface area contributed by atoms with Crippen molar-refractivity contribution < 1.29 is 4.79 Å². The number of nitrogens with zero attached hydrogens (tertiary/aromatic N) is 4. The van der Waals surface area contributed by atoms with Gasteiger partial charge in [0, 0.05) is 37.8 Å². The summed E-state index contributed by atoms with van der Waals surface area (Å²) in [5.41, 5.74) is 3.02. The summed E-state index contributed by atoms with van der Waals surface area (Å²) in [4.78, 5) is 35.9. The molecular formula is C32H38N4O2. The summed E-state index contributed by atoms with van der Waals surface area (Å²) in [5, 5.41) is 0. The maximum atomic E-state index is 14.0. The number of rotatable bonds is 4. The number of urea groups is 1. The molecule has 2 aliphatic heterocycles. The van der Waals surface area contributed by atoms with Gasteiger partial charge in [0.1, 0.15) is 0 Å². The summed E-state index contributed by atoms with van der Waals surface area (Å²) in [5.74, 6) is 0.377. The van der Waals surface area contributed by atoms with Gasteiger partial charge >= 0.3 is 6.03 Å². The molecule has 3 aromatic rings. The largest absolute Gasteiger partial charge is 0.324 e. The maximum absolute atomic E-state index is 14.0. The summed E-state index contributed by atoms with van der Waals surface area (Å²) in [7, 11) is 0. The van der Waals surface area contributed by atoms with Crippen LogP contribution in [-0.2, 0) is 6.54 Å². The summed E-state index contributed by atoms with van der Waals surface area (Å²) in [6, 6.07) is 22.4. The number of carbonyl (C=O) groups is 1. The Morgan fingerprint density at radius 2 is 1.63 bits per heavy atom. The van der Waals surface area contributed by atoms with Crippen LogP contribution in [0.15, 0.2) is 77.9 Å². The van der Waals surface area contributed by atoms with Gasteiger partial charge < -0.3 is 9.80 Å². The van der Waals surface area contributed by atoms with Gasteiger partial charge in [0.25, 0.3) is 5.56 Å². The van der Waals surface area contributed by atoms with E-state index in [9.17, 15) is 9.59 Å². The fraction of sp³-hybridized carbons (Fsp3) is 0.469. The first kappa shape index (κ1) is 24.9. The Bertz CT molecular complexity index is 1300. The van der Waals surface area contributed by atoms with E-state index in [1.807, 2.05) is 36.4 Å². The first-order valence-electron chi connectivity index (χ1n) is 14.4. The van der Waals surface area contributed by atoms with Crippen molar-refractivity contribution in [3.63, 3.8) is 0 Å². The van der Waals surface area contributed by atoms with Gasteiger partial charge in [0.05, 0.1) is 18.1 Å². The second kappa shape index (κ2) is 10.8. The minimum atomic E-state index is 0.00419. The third kappa shape index (κ3) is 4.89. The number of hydrogen-bond donors (Lipinski definition) is 0. The zero-order chi connectivity index (χ0) is 26.0. The molecule has 198 valence electrons. The number of piperidine rings is 2. The summed E-state index contributed by atoms with van der Waals surface area (Å²) in [6.07, 6.45) is 10.6. The third-order valence-electron chi connectivity index (χ3n) is 9.29. The molecule has 0 N–H and O–H groups in total. The van der Waals surface area contributed by atoms with E-state index < -0.39 is 0 Å². The zero-order valence-electron chi connectivity index (χ0n) is 22.2. The monoisotopic (exact) mass is 510 g/mol. The van der Waals surface area contributed by atoms with E-state index >= 15 is 0 Å². The van der Waals surface area contributed by atoms with Crippen molar-refractivity contribution in [2.24, 2.45) is 11.3 Å². The van der Waals surface area contributed by atoms with Crippen molar-refractivity contribution >= 4 is 6.03 Å². The quantitative estimate of drug-likeness (QED) is 0.424. The lowest BCUT2D eigenvalue weighted by molar-refractivity contribution is 0.0222. The normalized spacial score (nSPS) is 23.1. The van der Waals surface area contributed by atoms with E-state index in [0.717, 1.165) is 63.0 Å². The highest BCUT2D eigenvalue weighted by Crippen LogP contribution is 2.49. The van der Waals surface area contributed by atoms with Crippen LogP contribution in [0.25, 0.3) is 11.3 Å². The fourth-order valence-corrected chi connectivity index (χ4v) is 7.23. The molecule has 1 saturated carbocycles. The Labute approximate surface area is 225 Å². The molecule has 6 heteroatoms. The molecule has 6 rings (SSSR count). The van der Waals surface area contributed by atoms with Crippen molar-refractivity contribution in [1.82, 2.24) is 19.4 Å². The summed E-state index contributed by atoms with van der Waals surface area (Å²) < 4.78 is 1.80. The SMILES string of the molecule is O=C(N1CCC(Cn2cnc(-c3ccccc3)cc2=O)C2(CCCC2)C1)N1CCCCC1c1ccccc1. The van der Waals surface area contributed by atoms with Gasteiger partial charge in [-0.25, -0.2) is 9.78 Å². The smallest absolute Gasteiger partial charge is 0.320 e. The number of amides is 2. The highest BCUT2D eigenvalue weighted by atomic mass is 16.2. The number of likely N-dealkylation sites (tertiary alicyclic amines) is 2. The van der Waals surface area contributed by atoms with Crippen molar-refractivity contribution in [2.75, 3.05) is 19.6 Å². The Morgan fingerprint density at radius 3 is 2.37 bits per heavy atom. The average Bonchev–Trinajstić information content (AvgIpc) is 3.44. The van der Waals surface area contributed by atoms with Crippen molar-refractivity contribution in [3.05, 3.63) is 89.0 Å². The first-order valence-corrected chi connectivity index (χ1v) is 14.4. The van der Waals surface area contributed by atoms with Crippen LogP contribution >= 0.6 is 0 Å². The molecule has 2 aromatic carbocycles. The molecule has 3 heterocycles. The molecule has 3 aliphatic rings. The Kier molecular flexibility index (Phi) is 7.05. The summed E-state index contributed by atoms with van der Waals surface area (Å²) >= 11 is 0. The molecule has 1 aromatic heterocycles. The number of carbonyl (C=O) groups excluding carboxylic acids is 1. The highest BCUT2D eigenvalue weighted by molar-refractivity contribution is 5.75. The van der Waals surface area contributed by atoms with E-state index in [4.69, 9.17) is 0 Å². The number of hydrogen-bond acceptors (Lipinski definition) is 3. The second-order valence-corrected chi connectivity index (χ2v) is 11.5. The lowest BCUT2D eigenvalue weighted by atomic mass is 9.69. The van der Waals surface area contributed by atoms with Gasteiger partial charge in [-0.15, -0.1) is 0 Å². The molecule has 2 atom stereocenters. The highest BCUT2D eigenvalue weighted by Gasteiger charge is 2.47. The molecule has 1 spiro atoms. The number of benzene rings is 2. The molecule has 2 amide bonds. The van der Waals surface area contributed by atoms with Gasteiger partial charge in [0.2, 0.25) is 0 Å². The van der Waals surface area contributed by atoms with Crippen LogP contribution in [-0.4, -0.2) is 45.0 Å². The average molecular weight is 511 g/mol. The predicted molar refractivity (Wildman–Crippen MR) is 150 cm³/mol. The standard InChI is InChI=1S/C32H38N4O2/c37-30-21-28(25-11-3-1-4-12-25)33-24-35(30)22-27-16-20-34(23-32(27)17-8-9-18-32)31(38)36-19-10-7-15-29(36)26-13-5-2-6-14-26/h1-6,11-14,21,24,27,29H,7-10,15-20,22-23H2. The Hall–Kier alpha value is -3.41. The molecule has 38 heavy (non-hydrogen) atoms. The molecule has 3 fully saturated rings. The van der Waals surface area contributed by atoms with Crippen LogP contribution in [0.3, 0.4) is 0 Å². The van der Waals surface area contributed by atoms with Gasteiger partial charge in [-0.1, -0.05) is 73.5 Å². The van der Waals surface area contributed by atoms with E-state index in [1.165, 1.54) is 24.8 Å². The molecule has 6 nitrogen and oxygen atoms in total. The summed E-state index contributed by atoms with van der Waals surface area (Å²) in [6.45, 7) is 3.08. The molecule has 0 bridgehead atoms. The minimum absolute atomic E-state index is 0.00419. The molecular weight excluding hydrogens is 472 g/mol. The Morgan fingerprint density at radius 1 is 0.895 bits per heavy atom. The van der Waals surface area contributed by atoms with Crippen molar-refractivity contribution in [1.29, 1.82) is 0 Å². The van der Waals surface area contributed by atoms with Crippen LogP contribution in [0, 0.1) is 11.3 Å². The van der Waals surface area contributed by atoms with E-state index in [0.29, 0.717) is 12.5 Å².